The summed E-state index contributed by atoms with van der Waals surface area (Å²) < 4.78 is 5.19. The number of phenolic OH excluding ortho intramolecular Hbond substituents is 1. The van der Waals surface area contributed by atoms with Gasteiger partial charge < -0.3 is 46.4 Å². The van der Waals surface area contributed by atoms with Crippen molar-refractivity contribution in [1.29, 1.82) is 0 Å². The largest absolute Gasteiger partial charge is 0.508 e. The average molecular weight is 400 g/mol. The van der Waals surface area contributed by atoms with E-state index in [-0.39, 0.29) is 12.2 Å². The molecule has 0 radical (unpaired) electrons. The number of carbonyl (C=O) groups is 2. The van der Waals surface area contributed by atoms with Gasteiger partial charge in [0.15, 0.2) is 6.04 Å². The Kier molecular flexibility index (Phi) is 7.29. The molecule has 11 heteroatoms. The number of aliphatic carboxylic acids is 1. The molecule has 0 aromatic heterocycles. The Hall–Kier alpha value is -2.28. The molecule has 0 bridgehead atoms. The fourth-order valence-corrected chi connectivity index (χ4v) is 2.93. The fourth-order valence-electron chi connectivity index (χ4n) is 2.93. The predicted octanol–water partition coefficient (Wildman–Crippen LogP) is -3.33. The van der Waals surface area contributed by atoms with Crippen LogP contribution in [0, 0.1) is 0 Å². The maximum Gasteiger partial charge on any atom is 0.329 e. The molecule has 0 unspecified atom stereocenters. The summed E-state index contributed by atoms with van der Waals surface area (Å²) in [4.78, 5) is 23.9. The molecule has 1 aromatic carbocycles. The molecule has 1 aliphatic rings. The fraction of sp³-hybridized carbons (Fsp3) is 0.529. The summed E-state index contributed by atoms with van der Waals surface area (Å²) in [6.45, 7) is -0.734. The lowest BCUT2D eigenvalue weighted by Gasteiger charge is -2.42. The highest BCUT2D eigenvalue weighted by atomic mass is 16.5. The monoisotopic (exact) mass is 400 g/mol. The van der Waals surface area contributed by atoms with Crippen LogP contribution in [0.25, 0.3) is 0 Å². The van der Waals surface area contributed by atoms with Gasteiger partial charge in [-0.05, 0) is 24.1 Å². The molecule has 1 saturated heterocycles. The maximum atomic E-state index is 12.3. The second-order valence-corrected chi connectivity index (χ2v) is 6.60. The summed E-state index contributed by atoms with van der Waals surface area (Å²) in [6, 6.07) is 2.99. The van der Waals surface area contributed by atoms with Crippen LogP contribution in [0.4, 0.5) is 0 Å². The third kappa shape index (κ3) is 4.95. The molecule has 28 heavy (non-hydrogen) atoms. The second kappa shape index (κ2) is 9.28. The molecular weight excluding hydrogens is 376 g/mol. The molecule has 0 aliphatic carbocycles. The molecule has 9 N–H and O–H groups in total. The number of aliphatic hydroxyl groups is 4. The number of amides is 1. The number of rotatable bonds is 7. The van der Waals surface area contributed by atoms with E-state index in [1.807, 2.05) is 0 Å². The molecule has 1 aliphatic heterocycles. The minimum atomic E-state index is -1.83. The van der Waals surface area contributed by atoms with Crippen LogP contribution < -0.4 is 11.1 Å². The molecule has 156 valence electrons. The van der Waals surface area contributed by atoms with Gasteiger partial charge in [-0.25, -0.2) is 4.79 Å². The lowest BCUT2D eigenvalue weighted by molar-refractivity contribution is -0.236. The Bertz CT molecular complexity index is 682. The number of hydrogen-bond acceptors (Lipinski definition) is 9. The number of hydrogen-bond donors (Lipinski definition) is 8. The van der Waals surface area contributed by atoms with Gasteiger partial charge in [-0.2, -0.15) is 0 Å². The highest BCUT2D eigenvalue weighted by Gasteiger charge is 2.49. The van der Waals surface area contributed by atoms with Gasteiger partial charge in [0.25, 0.3) is 0 Å². The number of carbonyl (C=O) groups excluding carboxylic acids is 1. The van der Waals surface area contributed by atoms with E-state index in [1.165, 1.54) is 12.1 Å². The molecule has 1 amide bonds. The molecule has 1 heterocycles. The van der Waals surface area contributed by atoms with Gasteiger partial charge >= 0.3 is 5.97 Å². The van der Waals surface area contributed by atoms with Crippen LogP contribution in [-0.2, 0) is 20.7 Å². The summed E-state index contributed by atoms with van der Waals surface area (Å²) in [5.74, 6) is -2.37. The summed E-state index contributed by atoms with van der Waals surface area (Å²) in [5.41, 5.74) is 6.43. The van der Waals surface area contributed by atoms with Crippen LogP contribution in [0.15, 0.2) is 24.3 Å². The Labute approximate surface area is 160 Å². The number of nitrogens with one attached hydrogen (secondary N) is 1. The topological polar surface area (TPSA) is 203 Å². The SMILES string of the molecule is N[C@@H](Cc1ccc(O)cc1)C(=O)N[C@H](C(=O)O)[C@@H]1O[C@H](CO)[C@@H](O)[C@H](O)[C@H]1O. The lowest BCUT2D eigenvalue weighted by Crippen LogP contribution is -2.66. The van der Waals surface area contributed by atoms with E-state index >= 15 is 0 Å². The normalized spacial score (nSPS) is 29.7. The minimum absolute atomic E-state index is 0.0373. The number of phenols is 1. The molecular formula is C17H24N2O9. The highest BCUT2D eigenvalue weighted by Crippen LogP contribution is 2.23. The molecule has 11 nitrogen and oxygen atoms in total. The number of aliphatic hydroxyl groups excluding tert-OH is 4. The summed E-state index contributed by atoms with van der Waals surface area (Å²) >= 11 is 0. The van der Waals surface area contributed by atoms with Gasteiger partial charge in [0, 0.05) is 0 Å². The van der Waals surface area contributed by atoms with E-state index in [2.05, 4.69) is 5.32 Å². The number of carboxylic acids is 1. The van der Waals surface area contributed by atoms with Crippen molar-refractivity contribution in [3.8, 4) is 5.75 Å². The number of ether oxygens (including phenoxy) is 1. The molecule has 2 rings (SSSR count). The Morgan fingerprint density at radius 2 is 1.71 bits per heavy atom. The van der Waals surface area contributed by atoms with E-state index < -0.39 is 61.1 Å². The van der Waals surface area contributed by atoms with E-state index in [1.54, 1.807) is 12.1 Å². The summed E-state index contributed by atoms with van der Waals surface area (Å²) in [5, 5.41) is 59.7. The Balaban J connectivity index is 2.09. The highest BCUT2D eigenvalue weighted by molar-refractivity contribution is 5.87. The zero-order chi connectivity index (χ0) is 21.0. The van der Waals surface area contributed by atoms with Gasteiger partial charge in [-0.3, -0.25) is 4.79 Å². The van der Waals surface area contributed by atoms with Crippen LogP contribution in [0.1, 0.15) is 5.56 Å². The van der Waals surface area contributed by atoms with Crippen LogP contribution in [0.3, 0.4) is 0 Å². The number of nitrogens with two attached hydrogens (primary N) is 1. The zero-order valence-corrected chi connectivity index (χ0v) is 14.8. The summed E-state index contributed by atoms with van der Waals surface area (Å²) in [6.07, 6.45) is -8.15. The lowest BCUT2D eigenvalue weighted by atomic mass is 9.91. The van der Waals surface area contributed by atoms with Crippen LogP contribution in [0.5, 0.6) is 5.75 Å². The molecule has 0 saturated carbocycles. The quantitative estimate of drug-likeness (QED) is 0.229. The maximum absolute atomic E-state index is 12.3. The smallest absolute Gasteiger partial charge is 0.329 e. The van der Waals surface area contributed by atoms with E-state index in [9.17, 15) is 40.2 Å². The standard InChI is InChI=1S/C17H24N2O9/c18-9(5-7-1-3-8(21)4-2-7)16(25)19-11(17(26)27)15-14(24)13(23)12(22)10(6-20)28-15/h1-4,9-15,20-24H,5-6,18H2,(H,19,25)(H,26,27)/t9-,10+,11-,12+,13-,14+,15-/m0/s1. The minimum Gasteiger partial charge on any atom is -0.508 e. The zero-order valence-electron chi connectivity index (χ0n) is 14.8. The summed E-state index contributed by atoms with van der Waals surface area (Å²) in [7, 11) is 0. The van der Waals surface area contributed by atoms with Crippen molar-refractivity contribution >= 4 is 11.9 Å². The predicted molar refractivity (Wildman–Crippen MR) is 93.1 cm³/mol. The molecule has 7 atom stereocenters. The Morgan fingerprint density at radius 3 is 2.25 bits per heavy atom. The second-order valence-electron chi connectivity index (χ2n) is 6.60. The molecule has 1 aromatic rings. The first-order valence-corrected chi connectivity index (χ1v) is 8.53. The number of carboxylic acid groups (broad SMARTS) is 1. The first kappa shape index (κ1) is 22.0. The van der Waals surface area contributed by atoms with Crippen molar-refractivity contribution < 1.29 is 45.0 Å². The van der Waals surface area contributed by atoms with Gasteiger partial charge in [-0.15, -0.1) is 0 Å². The van der Waals surface area contributed by atoms with Crippen LogP contribution >= 0.6 is 0 Å². The van der Waals surface area contributed by atoms with Crippen molar-refractivity contribution in [2.45, 2.75) is 49.0 Å². The van der Waals surface area contributed by atoms with Crippen molar-refractivity contribution in [3.63, 3.8) is 0 Å². The van der Waals surface area contributed by atoms with E-state index in [4.69, 9.17) is 10.5 Å². The number of benzene rings is 1. The number of aromatic hydroxyl groups is 1. The third-order valence-electron chi connectivity index (χ3n) is 4.55. The molecule has 1 fully saturated rings. The van der Waals surface area contributed by atoms with E-state index in [0.717, 1.165) is 0 Å². The van der Waals surface area contributed by atoms with Gasteiger partial charge in [0.2, 0.25) is 5.91 Å². The average Bonchev–Trinajstić information content (AvgIpc) is 2.66. The first-order chi connectivity index (χ1) is 13.1. The molecule has 0 spiro atoms. The van der Waals surface area contributed by atoms with Crippen molar-refractivity contribution in [2.24, 2.45) is 5.73 Å². The van der Waals surface area contributed by atoms with Gasteiger partial charge in [0.1, 0.15) is 36.3 Å². The van der Waals surface area contributed by atoms with E-state index in [0.29, 0.717) is 5.56 Å². The van der Waals surface area contributed by atoms with Gasteiger partial charge in [-0.1, -0.05) is 12.1 Å². The van der Waals surface area contributed by atoms with Crippen LogP contribution in [-0.4, -0.2) is 91.7 Å². The first-order valence-electron chi connectivity index (χ1n) is 8.53. The third-order valence-corrected chi connectivity index (χ3v) is 4.55. The van der Waals surface area contributed by atoms with Crippen molar-refractivity contribution in [2.75, 3.05) is 6.61 Å². The van der Waals surface area contributed by atoms with Crippen LogP contribution in [0.2, 0.25) is 0 Å². The van der Waals surface area contributed by atoms with Crippen molar-refractivity contribution in [1.82, 2.24) is 5.32 Å². The Morgan fingerprint density at radius 1 is 1.11 bits per heavy atom. The van der Waals surface area contributed by atoms with Crippen molar-refractivity contribution in [3.05, 3.63) is 29.8 Å². The van der Waals surface area contributed by atoms with Gasteiger partial charge in [0.05, 0.1) is 12.6 Å².